The molecule has 0 spiro atoms. The summed E-state index contributed by atoms with van der Waals surface area (Å²) < 4.78 is 0. The van der Waals surface area contributed by atoms with Crippen molar-refractivity contribution in [3.05, 3.63) is 35.0 Å². The van der Waals surface area contributed by atoms with Crippen molar-refractivity contribution in [1.29, 1.82) is 0 Å². The van der Waals surface area contributed by atoms with Gasteiger partial charge in [0.05, 0.1) is 5.39 Å². The summed E-state index contributed by atoms with van der Waals surface area (Å²) in [4.78, 5) is 16.4. The number of hydrogen-bond acceptors (Lipinski definition) is 6. The molecule has 0 radical (unpaired) electrons. The average Bonchev–Trinajstić information content (AvgIpc) is 2.84. The number of nitrogens with two attached hydrogens (primary N) is 1. The lowest BCUT2D eigenvalue weighted by Gasteiger charge is -2.10. The maximum Gasteiger partial charge on any atom is 0.163 e. The molecule has 5 nitrogen and oxygen atoms in total. The highest BCUT2D eigenvalue weighted by Gasteiger charge is 2.20. The van der Waals surface area contributed by atoms with Gasteiger partial charge in [0.25, 0.3) is 0 Å². The molecule has 0 aliphatic heterocycles. The van der Waals surface area contributed by atoms with Gasteiger partial charge in [-0.1, -0.05) is 6.42 Å². The van der Waals surface area contributed by atoms with Crippen LogP contribution in [0.3, 0.4) is 0 Å². The molecule has 1 aliphatic rings. The number of rotatable bonds is 5. The van der Waals surface area contributed by atoms with Gasteiger partial charge in [0, 0.05) is 29.4 Å². The van der Waals surface area contributed by atoms with Crippen LogP contribution in [0.1, 0.15) is 36.1 Å². The summed E-state index contributed by atoms with van der Waals surface area (Å²) in [6.45, 7) is 1.52. The van der Waals surface area contributed by atoms with Crippen LogP contribution in [0.5, 0.6) is 0 Å². The maximum atomic E-state index is 5.66. The summed E-state index contributed by atoms with van der Waals surface area (Å²) in [5.41, 5.74) is 8.13. The van der Waals surface area contributed by atoms with Crippen LogP contribution < -0.4 is 11.1 Å². The molecule has 0 bridgehead atoms. The summed E-state index contributed by atoms with van der Waals surface area (Å²) in [5.74, 6) is 1.73. The van der Waals surface area contributed by atoms with Crippen LogP contribution >= 0.6 is 11.3 Å². The van der Waals surface area contributed by atoms with Gasteiger partial charge < -0.3 is 11.1 Å². The van der Waals surface area contributed by atoms with Gasteiger partial charge in [-0.15, -0.1) is 11.3 Å². The van der Waals surface area contributed by atoms with E-state index in [1.54, 1.807) is 12.4 Å². The molecule has 1 aliphatic carbocycles. The fraction of sp³-hybridized carbons (Fsp3) is 0.421. The van der Waals surface area contributed by atoms with Crippen molar-refractivity contribution in [2.24, 2.45) is 5.73 Å². The smallest absolute Gasteiger partial charge is 0.163 e. The molecule has 6 heteroatoms. The van der Waals surface area contributed by atoms with Gasteiger partial charge in [-0.2, -0.15) is 0 Å². The Morgan fingerprint density at radius 1 is 1.08 bits per heavy atom. The molecule has 3 heterocycles. The van der Waals surface area contributed by atoms with Crippen molar-refractivity contribution >= 4 is 27.4 Å². The third-order valence-electron chi connectivity index (χ3n) is 4.68. The van der Waals surface area contributed by atoms with E-state index >= 15 is 0 Å². The largest absolute Gasteiger partial charge is 0.369 e. The van der Waals surface area contributed by atoms with E-state index in [0.717, 1.165) is 41.4 Å². The number of thiophene rings is 1. The molecule has 3 aromatic heterocycles. The monoisotopic (exact) mass is 353 g/mol. The summed E-state index contributed by atoms with van der Waals surface area (Å²) in [5, 5.41) is 4.75. The minimum Gasteiger partial charge on any atom is -0.369 e. The predicted octanol–water partition coefficient (Wildman–Crippen LogP) is 3.78. The maximum absolute atomic E-state index is 5.66. The van der Waals surface area contributed by atoms with Gasteiger partial charge in [0.1, 0.15) is 10.6 Å². The van der Waals surface area contributed by atoms with E-state index in [1.165, 1.54) is 41.5 Å². The van der Waals surface area contributed by atoms with Crippen molar-refractivity contribution < 1.29 is 0 Å². The highest BCUT2D eigenvalue weighted by atomic mass is 32.1. The molecule has 4 rings (SSSR count). The van der Waals surface area contributed by atoms with Crippen molar-refractivity contribution in [3.63, 3.8) is 0 Å². The predicted molar refractivity (Wildman–Crippen MR) is 104 cm³/mol. The molecule has 0 saturated heterocycles. The van der Waals surface area contributed by atoms with Gasteiger partial charge in [0.2, 0.25) is 0 Å². The fourth-order valence-corrected chi connectivity index (χ4v) is 4.66. The second-order valence-corrected chi connectivity index (χ2v) is 7.53. The Kier molecular flexibility index (Phi) is 4.90. The zero-order valence-electron chi connectivity index (χ0n) is 14.3. The third-order valence-corrected chi connectivity index (χ3v) is 5.86. The van der Waals surface area contributed by atoms with Crippen molar-refractivity contribution in [3.8, 4) is 11.4 Å². The van der Waals surface area contributed by atoms with Gasteiger partial charge in [-0.05, 0) is 56.3 Å². The zero-order chi connectivity index (χ0) is 17.1. The van der Waals surface area contributed by atoms with Crippen LogP contribution in [0.25, 0.3) is 21.6 Å². The first-order chi connectivity index (χ1) is 12.4. The molecule has 0 unspecified atom stereocenters. The van der Waals surface area contributed by atoms with E-state index in [4.69, 9.17) is 15.7 Å². The van der Waals surface area contributed by atoms with E-state index in [2.05, 4.69) is 10.3 Å². The third kappa shape index (κ3) is 3.37. The Hall–Kier alpha value is -2.05. The number of aryl methyl sites for hydroxylation is 2. The summed E-state index contributed by atoms with van der Waals surface area (Å²) in [7, 11) is 0. The van der Waals surface area contributed by atoms with E-state index < -0.39 is 0 Å². The number of aromatic nitrogens is 3. The van der Waals surface area contributed by atoms with Crippen LogP contribution in [0, 0.1) is 0 Å². The molecule has 0 saturated carbocycles. The van der Waals surface area contributed by atoms with E-state index in [-0.39, 0.29) is 0 Å². The van der Waals surface area contributed by atoms with E-state index in [0.29, 0.717) is 6.54 Å². The number of anilines is 1. The highest BCUT2D eigenvalue weighted by molar-refractivity contribution is 7.19. The fourth-order valence-electron chi connectivity index (χ4n) is 3.40. The lowest BCUT2D eigenvalue weighted by molar-refractivity contribution is 0.713. The molecule has 3 N–H and O–H groups in total. The first-order valence-corrected chi connectivity index (χ1v) is 9.85. The number of hydrogen-bond donors (Lipinski definition) is 2. The number of nitrogens with zero attached hydrogens (tertiary/aromatic N) is 3. The van der Waals surface area contributed by atoms with Crippen molar-refractivity contribution in [2.45, 2.75) is 38.5 Å². The Morgan fingerprint density at radius 3 is 2.76 bits per heavy atom. The topological polar surface area (TPSA) is 76.7 Å². The normalized spacial score (nSPS) is 14.3. The van der Waals surface area contributed by atoms with Crippen molar-refractivity contribution in [1.82, 2.24) is 15.0 Å². The van der Waals surface area contributed by atoms with E-state index in [1.807, 2.05) is 23.5 Å². The summed E-state index contributed by atoms with van der Waals surface area (Å²) in [6, 6.07) is 3.92. The Balaban J connectivity index is 1.84. The van der Waals surface area contributed by atoms with Crippen LogP contribution in [-0.2, 0) is 12.8 Å². The average molecular weight is 353 g/mol. The SMILES string of the molecule is NCCCNc1nc(-c2ccncc2)nc2sc3c(c12)CCCCC3. The first-order valence-electron chi connectivity index (χ1n) is 9.03. The van der Waals surface area contributed by atoms with Gasteiger partial charge in [-0.25, -0.2) is 9.97 Å². The molecular weight excluding hydrogens is 330 g/mol. The minimum atomic E-state index is 0.681. The quantitative estimate of drug-likeness (QED) is 0.539. The Bertz CT molecular complexity index is 859. The number of nitrogens with one attached hydrogen (secondary N) is 1. The zero-order valence-corrected chi connectivity index (χ0v) is 15.1. The second-order valence-electron chi connectivity index (χ2n) is 6.45. The van der Waals surface area contributed by atoms with Crippen LogP contribution in [0.2, 0.25) is 0 Å². The Labute approximate surface area is 151 Å². The molecule has 25 heavy (non-hydrogen) atoms. The van der Waals surface area contributed by atoms with Crippen LogP contribution in [0.15, 0.2) is 24.5 Å². The lowest BCUT2D eigenvalue weighted by Crippen LogP contribution is -2.10. The van der Waals surface area contributed by atoms with Crippen LogP contribution in [0.4, 0.5) is 5.82 Å². The molecule has 0 fully saturated rings. The van der Waals surface area contributed by atoms with Gasteiger partial charge in [0.15, 0.2) is 5.82 Å². The number of fused-ring (bicyclic) bond motifs is 3. The molecule has 130 valence electrons. The number of pyridine rings is 1. The van der Waals surface area contributed by atoms with E-state index in [9.17, 15) is 0 Å². The second kappa shape index (κ2) is 7.45. The molecule has 0 atom stereocenters. The lowest BCUT2D eigenvalue weighted by atomic mass is 10.1. The summed E-state index contributed by atoms with van der Waals surface area (Å²) >= 11 is 1.84. The first kappa shape index (κ1) is 16.4. The van der Waals surface area contributed by atoms with Crippen LogP contribution in [-0.4, -0.2) is 28.0 Å². The standard InChI is InChI=1S/C19H23N5S/c20-9-4-10-22-18-16-14-5-2-1-3-6-15(14)25-19(16)24-17(23-18)13-7-11-21-12-8-13/h7-8,11-12H,1-6,9-10,20H2,(H,22,23,24). The molecule has 0 aromatic carbocycles. The Morgan fingerprint density at radius 2 is 1.92 bits per heavy atom. The van der Waals surface area contributed by atoms with Crippen molar-refractivity contribution in [2.75, 3.05) is 18.4 Å². The molecule has 3 aromatic rings. The molecule has 0 amide bonds. The highest BCUT2D eigenvalue weighted by Crippen LogP contribution is 2.39. The molecular formula is C19H23N5S. The van der Waals surface area contributed by atoms with Gasteiger partial charge in [-0.3, -0.25) is 4.98 Å². The minimum absolute atomic E-state index is 0.681. The van der Waals surface area contributed by atoms with Gasteiger partial charge >= 0.3 is 0 Å². The summed E-state index contributed by atoms with van der Waals surface area (Å²) in [6.07, 6.45) is 10.7.